The molecule has 1 saturated heterocycles. The molecular formula is C14H19ClN2O. The summed E-state index contributed by atoms with van der Waals surface area (Å²) in [6.45, 7) is 2.08. The van der Waals surface area contributed by atoms with Crippen LogP contribution in [0, 0.1) is 5.92 Å². The zero-order valence-corrected chi connectivity index (χ0v) is 11.1. The number of hydrogen-bond acceptors (Lipinski definition) is 2. The van der Waals surface area contributed by atoms with Gasteiger partial charge in [-0.1, -0.05) is 24.3 Å². The molecular weight excluding hydrogens is 248 g/mol. The summed E-state index contributed by atoms with van der Waals surface area (Å²) in [6.07, 6.45) is 6.01. The van der Waals surface area contributed by atoms with Crippen LogP contribution < -0.4 is 10.6 Å². The molecule has 0 radical (unpaired) electrons. The molecule has 3 nitrogen and oxygen atoms in total. The Bertz CT molecular complexity index is 386. The van der Waals surface area contributed by atoms with E-state index in [9.17, 15) is 4.79 Å². The Morgan fingerprint density at radius 3 is 2.78 bits per heavy atom. The molecule has 1 amide bonds. The molecule has 0 bridgehead atoms. The Morgan fingerprint density at radius 2 is 2.11 bits per heavy atom. The van der Waals surface area contributed by atoms with Crippen molar-refractivity contribution >= 4 is 24.0 Å². The molecule has 1 aromatic rings. The van der Waals surface area contributed by atoms with Gasteiger partial charge in [-0.2, -0.15) is 0 Å². The molecule has 1 atom stereocenters. The van der Waals surface area contributed by atoms with Gasteiger partial charge >= 0.3 is 0 Å². The number of anilines is 1. The van der Waals surface area contributed by atoms with Gasteiger partial charge in [-0.25, -0.2) is 0 Å². The number of benzene rings is 1. The molecule has 1 heterocycles. The second-order valence-electron chi connectivity index (χ2n) is 4.32. The number of carbonyl (C=O) groups is 1. The van der Waals surface area contributed by atoms with Crippen LogP contribution in [0.3, 0.4) is 0 Å². The predicted molar refractivity (Wildman–Crippen MR) is 77.1 cm³/mol. The van der Waals surface area contributed by atoms with E-state index < -0.39 is 0 Å². The summed E-state index contributed by atoms with van der Waals surface area (Å²) in [7, 11) is 0. The van der Waals surface area contributed by atoms with Crippen LogP contribution in [-0.4, -0.2) is 19.0 Å². The molecule has 1 unspecified atom stereocenters. The summed E-state index contributed by atoms with van der Waals surface area (Å²) in [5.41, 5.74) is 0.837. The summed E-state index contributed by atoms with van der Waals surface area (Å²) < 4.78 is 0. The molecule has 2 N–H and O–H groups in total. The zero-order valence-electron chi connectivity index (χ0n) is 10.3. The largest absolute Gasteiger partial charge is 0.323 e. The second kappa shape index (κ2) is 7.90. The van der Waals surface area contributed by atoms with Gasteiger partial charge in [0.25, 0.3) is 0 Å². The summed E-state index contributed by atoms with van der Waals surface area (Å²) in [5.74, 6) is 0.437. The van der Waals surface area contributed by atoms with Crippen molar-refractivity contribution < 1.29 is 4.79 Å². The molecule has 98 valence electrons. The molecule has 1 fully saturated rings. The minimum atomic E-state index is -0.0539. The summed E-state index contributed by atoms with van der Waals surface area (Å²) in [4.78, 5) is 11.6. The van der Waals surface area contributed by atoms with Crippen LogP contribution in [-0.2, 0) is 4.79 Å². The monoisotopic (exact) mass is 266 g/mol. The molecule has 0 spiro atoms. The number of amides is 1. The van der Waals surface area contributed by atoms with Gasteiger partial charge in [0.2, 0.25) is 5.91 Å². The van der Waals surface area contributed by atoms with Crippen molar-refractivity contribution in [2.75, 3.05) is 18.4 Å². The average molecular weight is 267 g/mol. The molecule has 1 aliphatic heterocycles. The minimum absolute atomic E-state index is 0. The highest BCUT2D eigenvalue weighted by atomic mass is 35.5. The molecule has 4 heteroatoms. The van der Waals surface area contributed by atoms with Crippen molar-refractivity contribution in [3.63, 3.8) is 0 Å². The van der Waals surface area contributed by atoms with E-state index in [0.717, 1.165) is 18.8 Å². The molecule has 1 aliphatic rings. The van der Waals surface area contributed by atoms with Gasteiger partial charge in [-0.3, -0.25) is 4.79 Å². The Labute approximate surface area is 114 Å². The SMILES string of the molecule is Cl.O=C(C=CC1CCCNC1)Nc1ccccc1. The van der Waals surface area contributed by atoms with Crippen molar-refractivity contribution in [1.82, 2.24) is 5.32 Å². The predicted octanol–water partition coefficient (Wildman–Crippen LogP) is 2.60. The van der Waals surface area contributed by atoms with E-state index in [1.54, 1.807) is 6.08 Å². The molecule has 18 heavy (non-hydrogen) atoms. The van der Waals surface area contributed by atoms with Gasteiger partial charge in [-0.05, 0) is 43.5 Å². The Morgan fingerprint density at radius 1 is 1.33 bits per heavy atom. The lowest BCUT2D eigenvalue weighted by molar-refractivity contribution is -0.111. The third-order valence-electron chi connectivity index (χ3n) is 2.90. The molecule has 0 saturated carbocycles. The third-order valence-corrected chi connectivity index (χ3v) is 2.90. The van der Waals surface area contributed by atoms with Gasteiger partial charge in [0.05, 0.1) is 0 Å². The van der Waals surface area contributed by atoms with E-state index in [-0.39, 0.29) is 18.3 Å². The van der Waals surface area contributed by atoms with Gasteiger partial charge in [0.15, 0.2) is 0 Å². The van der Waals surface area contributed by atoms with E-state index in [2.05, 4.69) is 10.6 Å². The van der Waals surface area contributed by atoms with Crippen LogP contribution in [0.1, 0.15) is 12.8 Å². The van der Waals surface area contributed by atoms with Crippen molar-refractivity contribution in [3.8, 4) is 0 Å². The number of nitrogens with one attached hydrogen (secondary N) is 2. The van der Waals surface area contributed by atoms with Crippen LogP contribution in [0.5, 0.6) is 0 Å². The number of rotatable bonds is 3. The van der Waals surface area contributed by atoms with Crippen LogP contribution in [0.15, 0.2) is 42.5 Å². The molecule has 1 aromatic carbocycles. The third kappa shape index (κ3) is 4.90. The molecule has 0 aromatic heterocycles. The minimum Gasteiger partial charge on any atom is -0.323 e. The number of para-hydroxylation sites is 1. The first kappa shape index (κ1) is 14.7. The number of hydrogen-bond donors (Lipinski definition) is 2. The number of carbonyl (C=O) groups excluding carboxylic acids is 1. The van der Waals surface area contributed by atoms with E-state index in [1.807, 2.05) is 36.4 Å². The van der Waals surface area contributed by atoms with E-state index in [4.69, 9.17) is 0 Å². The second-order valence-corrected chi connectivity index (χ2v) is 4.32. The Balaban J connectivity index is 0.00000162. The van der Waals surface area contributed by atoms with Gasteiger partial charge in [-0.15, -0.1) is 12.4 Å². The quantitative estimate of drug-likeness (QED) is 0.826. The van der Waals surface area contributed by atoms with Gasteiger partial charge in [0.1, 0.15) is 0 Å². The highest BCUT2D eigenvalue weighted by Gasteiger charge is 2.09. The lowest BCUT2D eigenvalue weighted by Crippen LogP contribution is -2.28. The lowest BCUT2D eigenvalue weighted by atomic mass is 9.99. The smallest absolute Gasteiger partial charge is 0.248 e. The van der Waals surface area contributed by atoms with Crippen molar-refractivity contribution in [3.05, 3.63) is 42.5 Å². The zero-order chi connectivity index (χ0) is 11.9. The van der Waals surface area contributed by atoms with Crippen molar-refractivity contribution in [2.24, 2.45) is 5.92 Å². The Hall–Kier alpha value is -1.32. The summed E-state index contributed by atoms with van der Waals surface area (Å²) >= 11 is 0. The fourth-order valence-electron chi connectivity index (χ4n) is 1.97. The normalized spacial score (nSPS) is 19.2. The summed E-state index contributed by atoms with van der Waals surface area (Å²) in [6, 6.07) is 9.51. The Kier molecular flexibility index (Phi) is 6.47. The van der Waals surface area contributed by atoms with Crippen LogP contribution >= 0.6 is 12.4 Å². The molecule has 2 rings (SSSR count). The first-order valence-electron chi connectivity index (χ1n) is 6.09. The van der Waals surface area contributed by atoms with E-state index in [0.29, 0.717) is 5.92 Å². The van der Waals surface area contributed by atoms with Crippen LogP contribution in [0.25, 0.3) is 0 Å². The first-order valence-corrected chi connectivity index (χ1v) is 6.09. The van der Waals surface area contributed by atoms with Gasteiger partial charge in [0, 0.05) is 12.2 Å². The van der Waals surface area contributed by atoms with Crippen LogP contribution in [0.4, 0.5) is 5.69 Å². The van der Waals surface area contributed by atoms with Crippen molar-refractivity contribution in [2.45, 2.75) is 12.8 Å². The maximum Gasteiger partial charge on any atom is 0.248 e. The summed E-state index contributed by atoms with van der Waals surface area (Å²) in [5, 5.41) is 6.16. The maximum atomic E-state index is 11.6. The van der Waals surface area contributed by atoms with E-state index >= 15 is 0 Å². The lowest BCUT2D eigenvalue weighted by Gasteiger charge is -2.19. The first-order chi connectivity index (χ1) is 8.34. The fourth-order valence-corrected chi connectivity index (χ4v) is 1.97. The number of piperidine rings is 1. The van der Waals surface area contributed by atoms with E-state index in [1.165, 1.54) is 12.8 Å². The van der Waals surface area contributed by atoms with Crippen LogP contribution in [0.2, 0.25) is 0 Å². The maximum absolute atomic E-state index is 11.6. The van der Waals surface area contributed by atoms with Gasteiger partial charge < -0.3 is 10.6 Å². The molecule has 0 aliphatic carbocycles. The number of halogens is 1. The fraction of sp³-hybridized carbons (Fsp3) is 0.357. The topological polar surface area (TPSA) is 41.1 Å². The average Bonchev–Trinajstić information content (AvgIpc) is 2.39. The highest BCUT2D eigenvalue weighted by Crippen LogP contribution is 2.11. The standard InChI is InChI=1S/C14H18N2O.ClH/c17-14(16-13-6-2-1-3-7-13)9-8-12-5-4-10-15-11-12;/h1-3,6-9,12,15H,4-5,10-11H2,(H,16,17);1H. The van der Waals surface area contributed by atoms with Crippen molar-refractivity contribution in [1.29, 1.82) is 0 Å². The highest BCUT2D eigenvalue weighted by molar-refractivity contribution is 5.99.